The molecule has 7 heteroatoms. The van der Waals surface area contributed by atoms with Crippen LogP contribution in [0.25, 0.3) is 0 Å². The molecule has 0 aliphatic heterocycles. The highest BCUT2D eigenvalue weighted by Crippen LogP contribution is 2.08. The molecule has 0 spiro atoms. The van der Waals surface area contributed by atoms with Gasteiger partial charge in [0.25, 0.3) is 5.91 Å². The van der Waals surface area contributed by atoms with Crippen LogP contribution in [0.1, 0.15) is 36.7 Å². The van der Waals surface area contributed by atoms with Gasteiger partial charge in [-0.1, -0.05) is 12.1 Å². The maximum Gasteiger partial charge on any atom is 0.253 e. The molecule has 0 fully saturated rings. The molecule has 0 radical (unpaired) electrons. The SMILES string of the molecule is CCNC(=NCCc1cccc(C(=O)N(C)C)c1)N(C)CC(=O)N(CC)CC. The number of carbonyl (C=O) groups excluding carboxylic acids is 2. The summed E-state index contributed by atoms with van der Waals surface area (Å²) in [6.45, 7) is 8.98. The van der Waals surface area contributed by atoms with Crippen LogP contribution in [0.4, 0.5) is 0 Å². The van der Waals surface area contributed by atoms with Crippen LogP contribution in [0.15, 0.2) is 29.3 Å². The molecular formula is C21H35N5O2. The summed E-state index contributed by atoms with van der Waals surface area (Å²) in [7, 11) is 5.37. The zero-order valence-corrected chi connectivity index (χ0v) is 18.2. The predicted octanol–water partition coefficient (Wildman–Crippen LogP) is 1.70. The maximum absolute atomic E-state index is 12.3. The predicted molar refractivity (Wildman–Crippen MR) is 115 cm³/mol. The van der Waals surface area contributed by atoms with Crippen molar-refractivity contribution in [2.24, 2.45) is 4.99 Å². The summed E-state index contributed by atoms with van der Waals surface area (Å²) in [6.07, 6.45) is 0.723. The molecule has 28 heavy (non-hydrogen) atoms. The molecule has 0 aliphatic rings. The van der Waals surface area contributed by atoms with Crippen LogP contribution in [0.5, 0.6) is 0 Å². The molecule has 1 N–H and O–H groups in total. The molecule has 0 heterocycles. The van der Waals surface area contributed by atoms with Gasteiger partial charge in [-0.3, -0.25) is 14.6 Å². The van der Waals surface area contributed by atoms with E-state index in [0.29, 0.717) is 37.7 Å². The minimum absolute atomic E-state index is 0.00617. The van der Waals surface area contributed by atoms with Gasteiger partial charge in [-0.2, -0.15) is 0 Å². The van der Waals surface area contributed by atoms with Gasteiger partial charge in [0.2, 0.25) is 5.91 Å². The number of hydrogen-bond acceptors (Lipinski definition) is 3. The first-order valence-corrected chi connectivity index (χ1v) is 9.91. The quantitative estimate of drug-likeness (QED) is 0.516. The Bertz CT molecular complexity index is 669. The lowest BCUT2D eigenvalue weighted by atomic mass is 10.1. The van der Waals surface area contributed by atoms with Crippen LogP contribution in [-0.4, -0.2) is 86.3 Å². The Morgan fingerprint density at radius 2 is 1.75 bits per heavy atom. The van der Waals surface area contributed by atoms with Crippen molar-refractivity contribution in [2.45, 2.75) is 27.2 Å². The van der Waals surface area contributed by atoms with Crippen molar-refractivity contribution in [2.75, 3.05) is 53.9 Å². The van der Waals surface area contributed by atoms with Crippen LogP contribution in [0.2, 0.25) is 0 Å². The molecule has 1 aromatic rings. The van der Waals surface area contributed by atoms with Crippen molar-refractivity contribution in [1.29, 1.82) is 0 Å². The Morgan fingerprint density at radius 3 is 2.32 bits per heavy atom. The number of rotatable bonds is 9. The number of likely N-dealkylation sites (N-methyl/N-ethyl adjacent to an activating group) is 2. The van der Waals surface area contributed by atoms with E-state index >= 15 is 0 Å². The number of hydrogen-bond donors (Lipinski definition) is 1. The molecule has 7 nitrogen and oxygen atoms in total. The van der Waals surface area contributed by atoms with E-state index in [4.69, 9.17) is 0 Å². The number of benzene rings is 1. The summed E-state index contributed by atoms with van der Waals surface area (Å²) in [5.41, 5.74) is 1.74. The third-order valence-corrected chi connectivity index (χ3v) is 4.43. The van der Waals surface area contributed by atoms with Gasteiger partial charge in [-0.25, -0.2) is 0 Å². The smallest absolute Gasteiger partial charge is 0.253 e. The molecular weight excluding hydrogens is 354 g/mol. The first kappa shape index (κ1) is 23.5. The van der Waals surface area contributed by atoms with E-state index in [1.807, 2.05) is 61.9 Å². The Morgan fingerprint density at radius 1 is 1.07 bits per heavy atom. The zero-order valence-electron chi connectivity index (χ0n) is 18.2. The number of aliphatic imine (C=N–C) groups is 1. The van der Waals surface area contributed by atoms with Crippen LogP contribution in [0, 0.1) is 0 Å². The largest absolute Gasteiger partial charge is 0.357 e. The molecule has 0 unspecified atom stereocenters. The van der Waals surface area contributed by atoms with E-state index in [1.165, 1.54) is 0 Å². The first-order chi connectivity index (χ1) is 13.3. The van der Waals surface area contributed by atoms with Crippen molar-refractivity contribution >= 4 is 17.8 Å². The Balaban J connectivity index is 2.76. The average molecular weight is 390 g/mol. The summed E-state index contributed by atoms with van der Waals surface area (Å²) in [6, 6.07) is 7.64. The second kappa shape index (κ2) is 12.0. The van der Waals surface area contributed by atoms with Gasteiger partial charge in [0.15, 0.2) is 5.96 Å². The minimum atomic E-state index is -0.00617. The lowest BCUT2D eigenvalue weighted by molar-refractivity contribution is -0.131. The standard InChI is InChI=1S/C21H35N5O2/c1-7-22-21(25(6)16-19(27)26(8-2)9-3)23-14-13-17-11-10-12-18(15-17)20(28)24(4)5/h10-12,15H,7-9,13-14,16H2,1-6H3,(H,22,23). The Hall–Kier alpha value is -2.57. The summed E-state index contributed by atoms with van der Waals surface area (Å²) in [5, 5.41) is 3.24. The van der Waals surface area contributed by atoms with Crippen LogP contribution >= 0.6 is 0 Å². The minimum Gasteiger partial charge on any atom is -0.357 e. The fraction of sp³-hybridized carbons (Fsp3) is 0.571. The van der Waals surface area contributed by atoms with E-state index in [2.05, 4.69) is 10.3 Å². The van der Waals surface area contributed by atoms with Crippen molar-refractivity contribution in [3.63, 3.8) is 0 Å². The number of guanidine groups is 1. The average Bonchev–Trinajstić information content (AvgIpc) is 2.67. The molecule has 0 aromatic heterocycles. The molecule has 2 amide bonds. The normalized spacial score (nSPS) is 11.1. The van der Waals surface area contributed by atoms with Crippen molar-refractivity contribution in [3.05, 3.63) is 35.4 Å². The van der Waals surface area contributed by atoms with Crippen molar-refractivity contribution in [1.82, 2.24) is 20.0 Å². The molecule has 156 valence electrons. The number of nitrogens with one attached hydrogen (secondary N) is 1. The lowest BCUT2D eigenvalue weighted by Crippen LogP contribution is -2.45. The fourth-order valence-electron chi connectivity index (χ4n) is 2.83. The monoisotopic (exact) mass is 389 g/mol. The van der Waals surface area contributed by atoms with Crippen molar-refractivity contribution < 1.29 is 9.59 Å². The Labute approximate surface area is 169 Å². The third-order valence-electron chi connectivity index (χ3n) is 4.43. The summed E-state index contributed by atoms with van der Waals surface area (Å²) < 4.78 is 0. The van der Waals surface area contributed by atoms with Gasteiger partial charge in [0.1, 0.15) is 0 Å². The molecule has 0 saturated carbocycles. The molecule has 0 atom stereocenters. The fourth-order valence-corrected chi connectivity index (χ4v) is 2.83. The van der Waals surface area contributed by atoms with E-state index in [1.54, 1.807) is 19.0 Å². The third kappa shape index (κ3) is 7.21. The Kier molecular flexibility index (Phi) is 10.1. The molecule has 0 saturated heterocycles. The molecule has 0 bridgehead atoms. The van der Waals surface area contributed by atoms with Gasteiger partial charge in [0.05, 0.1) is 6.54 Å². The highest BCUT2D eigenvalue weighted by molar-refractivity contribution is 5.94. The lowest BCUT2D eigenvalue weighted by Gasteiger charge is -2.25. The van der Waals surface area contributed by atoms with E-state index in [9.17, 15) is 9.59 Å². The molecule has 1 rings (SSSR count). The summed E-state index contributed by atoms with van der Waals surface area (Å²) in [5.74, 6) is 0.796. The first-order valence-electron chi connectivity index (χ1n) is 9.91. The van der Waals surface area contributed by atoms with Gasteiger partial charge in [-0.05, 0) is 44.9 Å². The molecule has 1 aromatic carbocycles. The van der Waals surface area contributed by atoms with Crippen LogP contribution in [0.3, 0.4) is 0 Å². The summed E-state index contributed by atoms with van der Waals surface area (Å²) >= 11 is 0. The highest BCUT2D eigenvalue weighted by Gasteiger charge is 2.15. The topological polar surface area (TPSA) is 68.2 Å². The summed E-state index contributed by atoms with van der Waals surface area (Å²) in [4.78, 5) is 34.3. The van der Waals surface area contributed by atoms with E-state index in [0.717, 1.165) is 18.5 Å². The highest BCUT2D eigenvalue weighted by atomic mass is 16.2. The maximum atomic E-state index is 12.3. The second-order valence-corrected chi connectivity index (χ2v) is 6.81. The van der Waals surface area contributed by atoms with Gasteiger partial charge >= 0.3 is 0 Å². The van der Waals surface area contributed by atoms with Crippen LogP contribution < -0.4 is 5.32 Å². The van der Waals surface area contributed by atoms with Gasteiger partial charge in [-0.15, -0.1) is 0 Å². The number of amides is 2. The number of carbonyl (C=O) groups is 2. The van der Waals surface area contributed by atoms with E-state index in [-0.39, 0.29) is 11.8 Å². The van der Waals surface area contributed by atoms with Crippen LogP contribution in [-0.2, 0) is 11.2 Å². The second-order valence-electron chi connectivity index (χ2n) is 6.81. The van der Waals surface area contributed by atoms with Gasteiger partial charge < -0.3 is 20.0 Å². The zero-order chi connectivity index (χ0) is 21.1. The van der Waals surface area contributed by atoms with E-state index < -0.39 is 0 Å². The van der Waals surface area contributed by atoms with Gasteiger partial charge in [0, 0.05) is 52.9 Å². The van der Waals surface area contributed by atoms with Crippen molar-refractivity contribution in [3.8, 4) is 0 Å². The molecule has 0 aliphatic carbocycles. The number of nitrogens with zero attached hydrogens (tertiary/aromatic N) is 4.